The van der Waals surface area contributed by atoms with E-state index < -0.39 is 0 Å². The Labute approximate surface area is 174 Å². The van der Waals surface area contributed by atoms with Gasteiger partial charge in [-0.1, -0.05) is 52.5 Å². The number of nitrogens with one attached hydrogen (secondary N) is 1. The normalized spacial score (nSPS) is 21.4. The summed E-state index contributed by atoms with van der Waals surface area (Å²) in [7, 11) is 1.71. The van der Waals surface area contributed by atoms with Crippen molar-refractivity contribution in [3.8, 4) is 5.75 Å². The minimum atomic E-state index is 0.422. The number of fused-ring (bicyclic) bond motifs is 1. The lowest BCUT2D eigenvalue weighted by Gasteiger charge is -2.23. The van der Waals surface area contributed by atoms with Crippen LogP contribution < -0.4 is 10.1 Å². The Hall–Kier alpha value is -1.52. The fourth-order valence-electron chi connectivity index (χ4n) is 4.20. The molecule has 4 rings (SSSR count). The third-order valence-corrected chi connectivity index (χ3v) is 6.45. The van der Waals surface area contributed by atoms with Crippen molar-refractivity contribution in [1.29, 1.82) is 0 Å². The van der Waals surface area contributed by atoms with Gasteiger partial charge in [-0.3, -0.25) is 4.99 Å². The molecule has 1 aliphatic carbocycles. The highest BCUT2D eigenvalue weighted by Crippen LogP contribution is 2.30. The van der Waals surface area contributed by atoms with Gasteiger partial charge in [-0.25, -0.2) is 0 Å². The number of halogens is 2. The molecule has 0 saturated heterocycles. The molecule has 2 atom stereocenters. The van der Waals surface area contributed by atoms with Gasteiger partial charge in [0.1, 0.15) is 11.6 Å². The number of methoxy groups -OCH3 is 1. The Morgan fingerprint density at radius 1 is 1.19 bits per heavy atom. The summed E-state index contributed by atoms with van der Waals surface area (Å²) in [5, 5.41) is 4.47. The van der Waals surface area contributed by atoms with Crippen molar-refractivity contribution in [1.82, 2.24) is 5.32 Å². The first kappa shape index (κ1) is 18.8. The molecule has 0 bridgehead atoms. The summed E-state index contributed by atoms with van der Waals surface area (Å²) in [6, 6.07) is 13.2. The van der Waals surface area contributed by atoms with Crippen LogP contribution in [0.5, 0.6) is 5.75 Å². The number of hydrogen-bond donors (Lipinski definition) is 1. The minimum absolute atomic E-state index is 0.422. The molecule has 3 nitrogen and oxygen atoms in total. The molecule has 1 saturated carbocycles. The van der Waals surface area contributed by atoms with Crippen molar-refractivity contribution >= 4 is 33.4 Å². The first-order valence-electron chi connectivity index (χ1n) is 9.60. The molecule has 5 heteroatoms. The third kappa shape index (κ3) is 4.02. The number of benzene rings is 2. The number of hydrogen-bond acceptors (Lipinski definition) is 3. The SMILES string of the molecule is COc1ccc(Br)cc1CCc1c(Cl)cccc1C1=N[C@H]2CCCC[C@H]2N1. The van der Waals surface area contributed by atoms with Gasteiger partial charge in [0.05, 0.1) is 13.2 Å². The van der Waals surface area contributed by atoms with Crippen LogP contribution in [0.4, 0.5) is 0 Å². The zero-order chi connectivity index (χ0) is 18.8. The number of rotatable bonds is 5. The number of amidine groups is 1. The lowest BCUT2D eigenvalue weighted by atomic mass is 9.92. The van der Waals surface area contributed by atoms with E-state index in [9.17, 15) is 0 Å². The lowest BCUT2D eigenvalue weighted by molar-refractivity contribution is 0.385. The maximum Gasteiger partial charge on any atom is 0.129 e. The number of ether oxygens (including phenoxy) is 1. The van der Waals surface area contributed by atoms with Crippen molar-refractivity contribution < 1.29 is 4.74 Å². The van der Waals surface area contributed by atoms with Crippen LogP contribution >= 0.6 is 27.5 Å². The second-order valence-electron chi connectivity index (χ2n) is 7.30. The fraction of sp³-hybridized carbons (Fsp3) is 0.409. The van der Waals surface area contributed by atoms with E-state index in [2.05, 4.69) is 33.4 Å². The summed E-state index contributed by atoms with van der Waals surface area (Å²) in [6.45, 7) is 0. The van der Waals surface area contributed by atoms with Crippen molar-refractivity contribution in [3.63, 3.8) is 0 Å². The first-order valence-corrected chi connectivity index (χ1v) is 10.8. The standard InChI is InChI=1S/C22H24BrClN2O/c1-27-21-12-10-15(23)13-14(21)9-11-16-17(5-4-6-18(16)24)22-25-19-7-2-3-8-20(19)26-22/h4-6,10,12-13,19-20H,2-3,7-9,11H2,1H3,(H,25,26)/t19-,20+. The van der Waals surface area contributed by atoms with Gasteiger partial charge in [0.2, 0.25) is 0 Å². The van der Waals surface area contributed by atoms with Crippen molar-refractivity contribution in [3.05, 3.63) is 62.6 Å². The van der Waals surface area contributed by atoms with Crippen LogP contribution in [-0.4, -0.2) is 25.0 Å². The summed E-state index contributed by atoms with van der Waals surface area (Å²) in [5.74, 6) is 1.93. The van der Waals surface area contributed by atoms with E-state index >= 15 is 0 Å². The van der Waals surface area contributed by atoms with Crippen LogP contribution in [0.15, 0.2) is 45.9 Å². The van der Waals surface area contributed by atoms with E-state index in [1.165, 1.54) is 31.2 Å². The van der Waals surface area contributed by atoms with Gasteiger partial charge in [-0.05, 0) is 61.1 Å². The molecule has 27 heavy (non-hydrogen) atoms. The van der Waals surface area contributed by atoms with Gasteiger partial charge in [-0.2, -0.15) is 0 Å². The molecule has 2 aromatic rings. The smallest absolute Gasteiger partial charge is 0.129 e. The number of aryl methyl sites for hydroxylation is 1. The predicted octanol–water partition coefficient (Wildman–Crippen LogP) is 5.56. The van der Waals surface area contributed by atoms with Gasteiger partial charge in [0, 0.05) is 21.1 Å². The van der Waals surface area contributed by atoms with Crippen LogP contribution in [0.3, 0.4) is 0 Å². The molecular formula is C22H24BrClN2O. The maximum atomic E-state index is 6.61. The van der Waals surface area contributed by atoms with Gasteiger partial charge in [0.15, 0.2) is 0 Å². The Bertz CT molecular complexity index is 867. The molecule has 2 aliphatic rings. The molecular weight excluding hydrogens is 424 g/mol. The lowest BCUT2D eigenvalue weighted by Crippen LogP contribution is -2.37. The van der Waals surface area contributed by atoms with E-state index in [0.717, 1.165) is 45.0 Å². The second kappa shape index (κ2) is 8.24. The highest BCUT2D eigenvalue weighted by atomic mass is 79.9. The number of nitrogens with zero attached hydrogens (tertiary/aromatic N) is 1. The van der Waals surface area contributed by atoms with Gasteiger partial charge < -0.3 is 10.1 Å². The van der Waals surface area contributed by atoms with Crippen molar-refractivity contribution in [2.75, 3.05) is 7.11 Å². The topological polar surface area (TPSA) is 33.6 Å². The molecule has 1 heterocycles. The van der Waals surface area contributed by atoms with Crippen LogP contribution in [0.25, 0.3) is 0 Å². The van der Waals surface area contributed by atoms with Crippen LogP contribution in [0.1, 0.15) is 42.4 Å². The van der Waals surface area contributed by atoms with Gasteiger partial charge >= 0.3 is 0 Å². The van der Waals surface area contributed by atoms with E-state index in [1.54, 1.807) is 7.11 Å². The van der Waals surface area contributed by atoms with Crippen LogP contribution in [0, 0.1) is 0 Å². The summed E-state index contributed by atoms with van der Waals surface area (Å²) >= 11 is 10.2. The molecule has 1 aliphatic heterocycles. The molecule has 0 unspecified atom stereocenters. The highest BCUT2D eigenvalue weighted by Gasteiger charge is 2.32. The zero-order valence-corrected chi connectivity index (χ0v) is 17.8. The molecule has 0 spiro atoms. The van der Waals surface area contributed by atoms with E-state index in [1.807, 2.05) is 24.3 Å². The Balaban J connectivity index is 1.60. The highest BCUT2D eigenvalue weighted by molar-refractivity contribution is 9.10. The summed E-state index contributed by atoms with van der Waals surface area (Å²) < 4.78 is 6.58. The third-order valence-electron chi connectivity index (χ3n) is 5.61. The summed E-state index contributed by atoms with van der Waals surface area (Å²) in [4.78, 5) is 5.00. The van der Waals surface area contributed by atoms with Crippen molar-refractivity contribution in [2.24, 2.45) is 4.99 Å². The zero-order valence-electron chi connectivity index (χ0n) is 15.5. The minimum Gasteiger partial charge on any atom is -0.496 e. The van der Waals surface area contributed by atoms with Crippen LogP contribution in [-0.2, 0) is 12.8 Å². The molecule has 142 valence electrons. The van der Waals surface area contributed by atoms with Crippen LogP contribution in [0.2, 0.25) is 5.02 Å². The Morgan fingerprint density at radius 3 is 2.85 bits per heavy atom. The molecule has 0 aromatic heterocycles. The molecule has 2 aromatic carbocycles. The average molecular weight is 448 g/mol. The van der Waals surface area contributed by atoms with E-state index in [4.69, 9.17) is 21.3 Å². The summed E-state index contributed by atoms with van der Waals surface area (Å²) in [5.41, 5.74) is 3.48. The van der Waals surface area contributed by atoms with Gasteiger partial charge in [0.25, 0.3) is 0 Å². The fourth-order valence-corrected chi connectivity index (χ4v) is 4.87. The van der Waals surface area contributed by atoms with E-state index in [0.29, 0.717) is 12.1 Å². The quantitative estimate of drug-likeness (QED) is 0.651. The Kier molecular flexibility index (Phi) is 5.74. The van der Waals surface area contributed by atoms with Crippen molar-refractivity contribution in [2.45, 2.75) is 50.6 Å². The molecule has 1 fully saturated rings. The monoisotopic (exact) mass is 446 g/mol. The average Bonchev–Trinajstić information content (AvgIpc) is 3.11. The number of aliphatic imine (C=N–C) groups is 1. The summed E-state index contributed by atoms with van der Waals surface area (Å²) in [6.07, 6.45) is 6.68. The maximum absolute atomic E-state index is 6.61. The molecule has 1 N–H and O–H groups in total. The predicted molar refractivity (Wildman–Crippen MR) is 115 cm³/mol. The van der Waals surface area contributed by atoms with E-state index in [-0.39, 0.29) is 0 Å². The Morgan fingerprint density at radius 2 is 2.04 bits per heavy atom. The first-order chi connectivity index (χ1) is 13.2. The molecule has 0 amide bonds. The largest absolute Gasteiger partial charge is 0.496 e. The molecule has 0 radical (unpaired) electrons. The van der Waals surface area contributed by atoms with Gasteiger partial charge in [-0.15, -0.1) is 0 Å². The second-order valence-corrected chi connectivity index (χ2v) is 8.63.